The second-order valence-corrected chi connectivity index (χ2v) is 8.40. The molecule has 0 fully saturated rings. The average Bonchev–Trinajstić information content (AvgIpc) is 3.30. The lowest BCUT2D eigenvalue weighted by Crippen LogP contribution is -2.49. The molecule has 6 nitrogen and oxygen atoms in total. The highest BCUT2D eigenvalue weighted by atomic mass is 19.1. The number of hydrogen-bond donors (Lipinski definition) is 0. The minimum absolute atomic E-state index is 0.0316. The van der Waals surface area contributed by atoms with Gasteiger partial charge in [-0.3, -0.25) is 9.59 Å². The molecule has 1 aromatic heterocycles. The summed E-state index contributed by atoms with van der Waals surface area (Å²) in [4.78, 5) is 29.9. The molecule has 1 atom stereocenters. The van der Waals surface area contributed by atoms with E-state index in [1.807, 2.05) is 56.4 Å². The molecule has 0 aliphatic carbocycles. The van der Waals surface area contributed by atoms with E-state index in [0.717, 1.165) is 11.3 Å². The van der Waals surface area contributed by atoms with Crippen molar-refractivity contribution in [1.82, 2.24) is 14.4 Å². The van der Waals surface area contributed by atoms with Crippen LogP contribution < -0.4 is 4.74 Å². The minimum Gasteiger partial charge on any atom is -0.497 e. The second-order valence-electron chi connectivity index (χ2n) is 8.40. The molecule has 33 heavy (non-hydrogen) atoms. The first kappa shape index (κ1) is 22.6. The summed E-state index contributed by atoms with van der Waals surface area (Å²) in [5.41, 5.74) is 1.90. The summed E-state index contributed by atoms with van der Waals surface area (Å²) in [6, 6.07) is 16.9. The fourth-order valence-corrected chi connectivity index (χ4v) is 4.33. The van der Waals surface area contributed by atoms with Gasteiger partial charge in [0.25, 0.3) is 5.91 Å². The molecule has 4 rings (SSSR count). The van der Waals surface area contributed by atoms with Crippen molar-refractivity contribution in [2.75, 3.05) is 20.2 Å². The Hall–Kier alpha value is -3.61. The molecule has 0 saturated heterocycles. The van der Waals surface area contributed by atoms with E-state index in [0.29, 0.717) is 18.8 Å². The number of nitrogens with zero attached hydrogens (tertiary/aromatic N) is 3. The third kappa shape index (κ3) is 4.49. The van der Waals surface area contributed by atoms with Crippen LogP contribution in [0.15, 0.2) is 66.9 Å². The molecule has 2 heterocycles. The summed E-state index contributed by atoms with van der Waals surface area (Å²) in [6.07, 6.45) is 2.01. The van der Waals surface area contributed by atoms with Crippen LogP contribution in [0.2, 0.25) is 0 Å². The number of rotatable bonds is 6. The quantitative estimate of drug-likeness (QED) is 0.569. The highest BCUT2D eigenvalue weighted by Crippen LogP contribution is 2.34. The zero-order chi connectivity index (χ0) is 23.5. The zero-order valence-corrected chi connectivity index (χ0v) is 19.1. The van der Waals surface area contributed by atoms with Gasteiger partial charge in [-0.25, -0.2) is 4.39 Å². The Balaban J connectivity index is 1.65. The van der Waals surface area contributed by atoms with Crippen molar-refractivity contribution in [2.24, 2.45) is 0 Å². The van der Waals surface area contributed by atoms with Gasteiger partial charge in [-0.2, -0.15) is 0 Å². The largest absolute Gasteiger partial charge is 0.497 e. The van der Waals surface area contributed by atoms with Crippen LogP contribution in [0.1, 0.15) is 41.5 Å². The van der Waals surface area contributed by atoms with E-state index >= 15 is 0 Å². The maximum Gasteiger partial charge on any atom is 0.257 e. The fourth-order valence-electron chi connectivity index (χ4n) is 4.33. The third-order valence-corrected chi connectivity index (χ3v) is 6.06. The van der Waals surface area contributed by atoms with Gasteiger partial charge in [0.15, 0.2) is 0 Å². The summed E-state index contributed by atoms with van der Waals surface area (Å²) < 4.78 is 21.8. The molecule has 7 heteroatoms. The molecule has 1 aliphatic heterocycles. The zero-order valence-electron chi connectivity index (χ0n) is 19.1. The number of carbonyl (C=O) groups excluding carboxylic acids is 2. The molecule has 3 aromatic rings. The van der Waals surface area contributed by atoms with Crippen LogP contribution in [-0.4, -0.2) is 52.4 Å². The molecule has 172 valence electrons. The Morgan fingerprint density at radius 2 is 1.88 bits per heavy atom. The summed E-state index contributed by atoms with van der Waals surface area (Å²) >= 11 is 0. The maximum atomic E-state index is 14.3. The number of carbonyl (C=O) groups is 2. The molecular formula is C26H28FN3O3. The Morgan fingerprint density at radius 1 is 1.09 bits per heavy atom. The van der Waals surface area contributed by atoms with E-state index in [2.05, 4.69) is 4.57 Å². The topological polar surface area (TPSA) is 54.8 Å². The van der Waals surface area contributed by atoms with Crippen LogP contribution in [0.4, 0.5) is 4.39 Å². The molecule has 0 N–H and O–H groups in total. The molecule has 0 spiro atoms. The molecule has 2 amide bonds. The molecular weight excluding hydrogens is 421 g/mol. The first-order valence-corrected chi connectivity index (χ1v) is 11.0. The fraction of sp³-hybridized carbons (Fsp3) is 0.308. The number of fused-ring (bicyclic) bond motifs is 1. The van der Waals surface area contributed by atoms with Gasteiger partial charge in [0.2, 0.25) is 5.91 Å². The van der Waals surface area contributed by atoms with E-state index < -0.39 is 11.7 Å². The van der Waals surface area contributed by atoms with Crippen LogP contribution in [0.25, 0.3) is 0 Å². The molecule has 1 aliphatic rings. The van der Waals surface area contributed by atoms with Crippen LogP contribution in [0.3, 0.4) is 0 Å². The van der Waals surface area contributed by atoms with E-state index in [9.17, 15) is 14.0 Å². The predicted octanol–water partition coefficient (Wildman–Crippen LogP) is 4.12. The normalized spacial score (nSPS) is 15.3. The van der Waals surface area contributed by atoms with Crippen molar-refractivity contribution < 1.29 is 18.7 Å². The van der Waals surface area contributed by atoms with E-state index in [1.54, 1.807) is 24.1 Å². The number of halogens is 1. The van der Waals surface area contributed by atoms with Crippen molar-refractivity contribution in [3.05, 3.63) is 89.5 Å². The van der Waals surface area contributed by atoms with Gasteiger partial charge in [-0.05, 0) is 55.8 Å². The van der Waals surface area contributed by atoms with Crippen molar-refractivity contribution in [3.8, 4) is 5.75 Å². The van der Waals surface area contributed by atoms with Gasteiger partial charge in [0, 0.05) is 31.0 Å². The van der Waals surface area contributed by atoms with Crippen molar-refractivity contribution >= 4 is 11.8 Å². The highest BCUT2D eigenvalue weighted by molar-refractivity contribution is 5.97. The number of ether oxygens (including phenoxy) is 1. The number of benzene rings is 2. The van der Waals surface area contributed by atoms with Gasteiger partial charge in [-0.15, -0.1) is 0 Å². The predicted molar refractivity (Wildman–Crippen MR) is 124 cm³/mol. The second kappa shape index (κ2) is 9.48. The van der Waals surface area contributed by atoms with E-state index in [1.165, 1.54) is 17.0 Å². The van der Waals surface area contributed by atoms with E-state index in [4.69, 9.17) is 4.74 Å². The summed E-state index contributed by atoms with van der Waals surface area (Å²) in [5, 5.41) is 0. The Kier molecular flexibility index (Phi) is 6.49. The van der Waals surface area contributed by atoms with Gasteiger partial charge < -0.3 is 19.1 Å². The number of amides is 2. The Morgan fingerprint density at radius 3 is 2.61 bits per heavy atom. The molecule has 2 aromatic carbocycles. The van der Waals surface area contributed by atoms with Gasteiger partial charge in [-0.1, -0.05) is 24.3 Å². The molecule has 0 radical (unpaired) electrons. The average molecular weight is 450 g/mol. The molecule has 0 bridgehead atoms. The van der Waals surface area contributed by atoms with Crippen LogP contribution in [-0.2, 0) is 11.3 Å². The lowest BCUT2D eigenvalue weighted by Gasteiger charge is -2.39. The smallest absolute Gasteiger partial charge is 0.257 e. The number of hydrogen-bond acceptors (Lipinski definition) is 3. The van der Waals surface area contributed by atoms with Crippen LogP contribution in [0, 0.1) is 5.82 Å². The van der Waals surface area contributed by atoms with Crippen LogP contribution in [0.5, 0.6) is 5.75 Å². The first-order valence-electron chi connectivity index (χ1n) is 11.0. The summed E-state index contributed by atoms with van der Waals surface area (Å²) in [6.45, 7) is 4.69. The maximum absolute atomic E-state index is 14.3. The van der Waals surface area contributed by atoms with Crippen molar-refractivity contribution in [1.29, 1.82) is 0 Å². The number of methoxy groups -OCH3 is 1. The summed E-state index contributed by atoms with van der Waals surface area (Å²) in [7, 11) is 1.61. The van der Waals surface area contributed by atoms with E-state index in [-0.39, 0.29) is 30.1 Å². The SMILES string of the molecule is COc1cccc(C2c3cccn3CCN2C(=O)CN(C(=O)c2ccccc2F)C(C)C)c1. The number of aromatic nitrogens is 1. The standard InChI is InChI=1S/C26H28FN3O3/c1-18(2)30(26(32)21-10-4-5-11-22(21)27)17-24(31)29-15-14-28-13-7-12-23(28)25(29)19-8-6-9-20(16-19)33-3/h4-13,16,18,25H,14-15,17H2,1-3H3. The first-order chi connectivity index (χ1) is 15.9. The minimum atomic E-state index is -0.592. The van der Waals surface area contributed by atoms with Crippen molar-refractivity contribution in [3.63, 3.8) is 0 Å². The Labute approximate surface area is 193 Å². The third-order valence-electron chi connectivity index (χ3n) is 6.06. The van der Waals surface area contributed by atoms with Crippen LogP contribution >= 0.6 is 0 Å². The van der Waals surface area contributed by atoms with Gasteiger partial charge >= 0.3 is 0 Å². The Bertz CT molecular complexity index is 1160. The van der Waals surface area contributed by atoms with Gasteiger partial charge in [0.1, 0.15) is 18.1 Å². The molecule has 1 unspecified atom stereocenters. The lowest BCUT2D eigenvalue weighted by molar-refractivity contribution is -0.135. The monoisotopic (exact) mass is 449 g/mol. The molecule has 0 saturated carbocycles. The lowest BCUT2D eigenvalue weighted by atomic mass is 9.99. The highest BCUT2D eigenvalue weighted by Gasteiger charge is 2.34. The summed E-state index contributed by atoms with van der Waals surface area (Å²) in [5.74, 6) is -0.559. The van der Waals surface area contributed by atoms with Gasteiger partial charge in [0.05, 0.1) is 18.7 Å². The van der Waals surface area contributed by atoms with Crippen molar-refractivity contribution in [2.45, 2.75) is 32.5 Å².